The molecule has 0 saturated carbocycles. The standard InChI is InChI=1S/C24H27N3O4/c1-14(2)31-23(29)20-16(4)27(5)24(30)26-21(20)17-10-12-18(13-11-17)25-22(28)19-9-7-6-8-15(19)3/h6-14,21H,1-5H3,(H,25,28)(H,26,30)/t21-/m0/s1. The Morgan fingerprint density at radius 2 is 1.71 bits per heavy atom. The van der Waals surface area contributed by atoms with Crippen LogP contribution in [0.2, 0.25) is 0 Å². The molecule has 2 aromatic carbocycles. The van der Waals surface area contributed by atoms with Gasteiger partial charge >= 0.3 is 12.0 Å². The maximum absolute atomic E-state index is 12.7. The summed E-state index contributed by atoms with van der Waals surface area (Å²) in [6.45, 7) is 7.16. The minimum absolute atomic E-state index is 0.199. The number of nitrogens with zero attached hydrogens (tertiary/aromatic N) is 1. The van der Waals surface area contributed by atoms with Crippen LogP contribution in [0.3, 0.4) is 0 Å². The molecule has 162 valence electrons. The van der Waals surface area contributed by atoms with E-state index in [1.165, 1.54) is 4.90 Å². The van der Waals surface area contributed by atoms with Gasteiger partial charge in [0.1, 0.15) is 0 Å². The van der Waals surface area contributed by atoms with Crippen molar-refractivity contribution in [2.75, 3.05) is 12.4 Å². The first-order valence-corrected chi connectivity index (χ1v) is 10.1. The summed E-state index contributed by atoms with van der Waals surface area (Å²) in [4.78, 5) is 39.0. The number of hydrogen-bond donors (Lipinski definition) is 2. The SMILES string of the molecule is CC1=C(C(=O)OC(C)C)[C@H](c2ccc(NC(=O)c3ccccc3C)cc2)NC(=O)N1C. The largest absolute Gasteiger partial charge is 0.459 e. The van der Waals surface area contributed by atoms with Gasteiger partial charge in [-0.25, -0.2) is 9.59 Å². The summed E-state index contributed by atoms with van der Waals surface area (Å²) in [6.07, 6.45) is -0.282. The molecule has 0 aromatic heterocycles. The van der Waals surface area contributed by atoms with E-state index < -0.39 is 12.0 Å². The molecular weight excluding hydrogens is 394 g/mol. The molecule has 1 heterocycles. The Hall–Kier alpha value is -3.61. The Morgan fingerprint density at radius 3 is 2.32 bits per heavy atom. The highest BCUT2D eigenvalue weighted by Gasteiger charge is 2.35. The molecule has 1 atom stereocenters. The number of rotatable bonds is 5. The van der Waals surface area contributed by atoms with Crippen LogP contribution in [0.4, 0.5) is 10.5 Å². The fourth-order valence-electron chi connectivity index (χ4n) is 3.41. The number of ether oxygens (including phenoxy) is 1. The van der Waals surface area contributed by atoms with Gasteiger partial charge in [-0.2, -0.15) is 0 Å². The average molecular weight is 421 g/mol. The van der Waals surface area contributed by atoms with Gasteiger partial charge in [0, 0.05) is 24.0 Å². The third-order valence-electron chi connectivity index (χ3n) is 5.21. The second-order valence-electron chi connectivity index (χ2n) is 7.79. The lowest BCUT2D eigenvalue weighted by atomic mass is 9.95. The molecular formula is C24H27N3O4. The minimum Gasteiger partial charge on any atom is -0.459 e. The third-order valence-corrected chi connectivity index (χ3v) is 5.21. The van der Waals surface area contributed by atoms with Crippen LogP contribution >= 0.6 is 0 Å². The Bertz CT molecular complexity index is 1040. The molecule has 1 aliphatic rings. The number of amides is 3. The number of nitrogens with one attached hydrogen (secondary N) is 2. The van der Waals surface area contributed by atoms with Crippen LogP contribution in [0.25, 0.3) is 0 Å². The quantitative estimate of drug-likeness (QED) is 0.710. The summed E-state index contributed by atoms with van der Waals surface area (Å²) in [5.41, 5.74) is 3.74. The summed E-state index contributed by atoms with van der Waals surface area (Å²) < 4.78 is 5.40. The fourth-order valence-corrected chi connectivity index (χ4v) is 3.41. The molecule has 7 heteroatoms. The summed E-state index contributed by atoms with van der Waals surface area (Å²) in [5, 5.41) is 5.73. The van der Waals surface area contributed by atoms with Gasteiger partial charge in [0.25, 0.3) is 5.91 Å². The van der Waals surface area contributed by atoms with Crippen LogP contribution < -0.4 is 10.6 Å². The maximum atomic E-state index is 12.7. The van der Waals surface area contributed by atoms with E-state index in [-0.39, 0.29) is 18.0 Å². The number of aryl methyl sites for hydroxylation is 1. The van der Waals surface area contributed by atoms with Gasteiger partial charge in [-0.3, -0.25) is 4.79 Å². The van der Waals surface area contributed by atoms with Gasteiger partial charge < -0.3 is 20.3 Å². The van der Waals surface area contributed by atoms with Crippen molar-refractivity contribution >= 4 is 23.6 Å². The summed E-state index contributed by atoms with van der Waals surface area (Å²) >= 11 is 0. The van der Waals surface area contributed by atoms with Crippen molar-refractivity contribution in [3.05, 3.63) is 76.5 Å². The predicted molar refractivity (Wildman–Crippen MR) is 119 cm³/mol. The van der Waals surface area contributed by atoms with Crippen molar-refractivity contribution in [2.45, 2.75) is 39.8 Å². The van der Waals surface area contributed by atoms with E-state index in [2.05, 4.69) is 10.6 Å². The van der Waals surface area contributed by atoms with E-state index in [9.17, 15) is 14.4 Å². The summed E-state index contributed by atoms with van der Waals surface area (Å²) in [7, 11) is 1.60. The van der Waals surface area contributed by atoms with Crippen molar-refractivity contribution in [3.8, 4) is 0 Å². The average Bonchev–Trinajstić information content (AvgIpc) is 2.72. The molecule has 2 aromatic rings. The van der Waals surface area contributed by atoms with Gasteiger partial charge in [-0.1, -0.05) is 30.3 Å². The van der Waals surface area contributed by atoms with E-state index in [0.29, 0.717) is 28.1 Å². The molecule has 2 N–H and O–H groups in total. The fraction of sp³-hybridized carbons (Fsp3) is 0.292. The smallest absolute Gasteiger partial charge is 0.338 e. The lowest BCUT2D eigenvalue weighted by Crippen LogP contribution is -2.46. The summed E-state index contributed by atoms with van der Waals surface area (Å²) in [6, 6.07) is 13.5. The van der Waals surface area contributed by atoms with Crippen molar-refractivity contribution < 1.29 is 19.1 Å². The van der Waals surface area contributed by atoms with Crippen LogP contribution in [0.15, 0.2) is 59.8 Å². The first kappa shape index (κ1) is 22.1. The van der Waals surface area contributed by atoms with Crippen LogP contribution in [0.5, 0.6) is 0 Å². The molecule has 0 aliphatic carbocycles. The highest BCUT2D eigenvalue weighted by atomic mass is 16.5. The Kier molecular flexibility index (Phi) is 6.44. The number of anilines is 1. The topological polar surface area (TPSA) is 87.7 Å². The van der Waals surface area contributed by atoms with E-state index in [1.54, 1.807) is 58.2 Å². The molecule has 3 amide bonds. The Labute approximate surface area is 182 Å². The number of urea groups is 1. The van der Waals surface area contributed by atoms with Crippen LogP contribution in [-0.4, -0.2) is 36.0 Å². The van der Waals surface area contributed by atoms with E-state index in [0.717, 1.165) is 5.56 Å². The first-order valence-electron chi connectivity index (χ1n) is 10.1. The highest BCUT2D eigenvalue weighted by Crippen LogP contribution is 2.31. The Morgan fingerprint density at radius 1 is 1.06 bits per heavy atom. The van der Waals surface area contributed by atoms with Gasteiger partial charge in [-0.15, -0.1) is 0 Å². The zero-order valence-corrected chi connectivity index (χ0v) is 18.4. The zero-order chi connectivity index (χ0) is 22.7. The molecule has 0 spiro atoms. The van der Waals surface area contributed by atoms with Crippen LogP contribution in [0, 0.1) is 6.92 Å². The number of allylic oxidation sites excluding steroid dienone is 1. The van der Waals surface area contributed by atoms with E-state index in [1.807, 2.05) is 25.1 Å². The lowest BCUT2D eigenvalue weighted by Gasteiger charge is -2.33. The molecule has 0 radical (unpaired) electrons. The van der Waals surface area contributed by atoms with Gasteiger partial charge in [0.2, 0.25) is 0 Å². The number of benzene rings is 2. The monoisotopic (exact) mass is 421 g/mol. The first-order chi connectivity index (χ1) is 14.7. The third kappa shape index (κ3) is 4.77. The van der Waals surface area contributed by atoms with Gasteiger partial charge in [-0.05, 0) is 57.0 Å². The number of esters is 1. The summed E-state index contributed by atoms with van der Waals surface area (Å²) in [5.74, 6) is -0.670. The second-order valence-corrected chi connectivity index (χ2v) is 7.79. The van der Waals surface area contributed by atoms with E-state index >= 15 is 0 Å². The van der Waals surface area contributed by atoms with Crippen molar-refractivity contribution in [3.63, 3.8) is 0 Å². The van der Waals surface area contributed by atoms with Crippen molar-refractivity contribution in [1.29, 1.82) is 0 Å². The number of carbonyl (C=O) groups excluding carboxylic acids is 3. The normalized spacial score (nSPS) is 16.3. The van der Waals surface area contributed by atoms with Crippen molar-refractivity contribution in [2.24, 2.45) is 0 Å². The number of carbonyl (C=O) groups is 3. The minimum atomic E-state index is -0.643. The van der Waals surface area contributed by atoms with E-state index in [4.69, 9.17) is 4.74 Å². The zero-order valence-electron chi connectivity index (χ0n) is 18.4. The molecule has 0 bridgehead atoms. The second kappa shape index (κ2) is 9.04. The molecule has 31 heavy (non-hydrogen) atoms. The van der Waals surface area contributed by atoms with Gasteiger partial charge in [0.05, 0.1) is 17.7 Å². The molecule has 0 saturated heterocycles. The number of hydrogen-bond acceptors (Lipinski definition) is 4. The molecule has 7 nitrogen and oxygen atoms in total. The predicted octanol–water partition coefficient (Wildman–Crippen LogP) is 4.17. The molecule has 3 rings (SSSR count). The Balaban J connectivity index is 1.86. The van der Waals surface area contributed by atoms with Crippen molar-refractivity contribution in [1.82, 2.24) is 10.2 Å². The highest BCUT2D eigenvalue weighted by molar-refractivity contribution is 6.05. The van der Waals surface area contributed by atoms with Crippen LogP contribution in [-0.2, 0) is 9.53 Å². The molecule has 0 fully saturated rings. The van der Waals surface area contributed by atoms with Gasteiger partial charge in [0.15, 0.2) is 0 Å². The maximum Gasteiger partial charge on any atom is 0.338 e. The lowest BCUT2D eigenvalue weighted by molar-refractivity contribution is -0.143. The van der Waals surface area contributed by atoms with Crippen LogP contribution in [0.1, 0.15) is 48.3 Å². The molecule has 1 aliphatic heterocycles. The molecule has 0 unspecified atom stereocenters.